The Hall–Kier alpha value is -5.12. The van der Waals surface area contributed by atoms with Crippen molar-refractivity contribution in [3.63, 3.8) is 0 Å². The molecule has 2 atom stereocenters. The Morgan fingerprint density at radius 3 is 1.59 bits per heavy atom. The standard InChI is InChI=1S/C32H57NO6.C30H50N4O10.H2/c1-26(32(38)39)24-29(34)28-22-20-27(21-23-28)25-33-30(35)18-16-14-12-10-8-6-4-2-3-5-7-9-11-13-15-17-19-31(36)37;1-2-6-28(37)32-11-13-41-16-18-44-22-29(38)33-12-14-42-15-17-43-21-27(36)8-5-3-4-7-24(30(39)40)19-26(35)10-9-25-20-31-23-34-25;/h26-28H,2-25H2,1H3,(H,33,35)(H,36,37)(H,38,39);20,23-24H,2-19,21-22H2,1H3,(H,31,34)(H,32,37)(H,33,38)(H,39,40);1H/t;24-;/m.1./s1. The van der Waals surface area contributed by atoms with Gasteiger partial charge in [0, 0.05) is 83.8 Å². The predicted molar refractivity (Wildman–Crippen MR) is 318 cm³/mol. The number of amides is 3. The fourth-order valence-corrected chi connectivity index (χ4v) is 9.66. The summed E-state index contributed by atoms with van der Waals surface area (Å²) >= 11 is 0. The van der Waals surface area contributed by atoms with Gasteiger partial charge in [0.2, 0.25) is 17.7 Å². The average molecular weight is 1180 g/mol. The van der Waals surface area contributed by atoms with Crippen LogP contribution >= 0.6 is 0 Å². The monoisotopic (exact) mass is 1180 g/mol. The SMILES string of the molecule is CC(CC(=O)C1CCC(CNC(=O)CCCCCCCCCCCCCCCCCCC(=O)O)CC1)C(=O)O.CCCC(=O)NCCOCCOCC(=O)NCCOCCOCC(=O)CCCCC[C@H](CC(=O)CCc1cnc[nH]1)C(=O)O.[HH]. The maximum Gasteiger partial charge on any atom is 0.306 e. The Labute approximate surface area is 496 Å². The number of nitrogens with one attached hydrogen (secondary N) is 4. The number of Topliss-reactive ketones (excluding diaryl/α,β-unsaturated/α-hetero) is 3. The number of carboxylic acid groups (broad SMARTS) is 3. The molecule has 21 heteroatoms. The van der Waals surface area contributed by atoms with E-state index < -0.39 is 29.7 Å². The lowest BCUT2D eigenvalue weighted by Gasteiger charge is -2.28. The van der Waals surface area contributed by atoms with Gasteiger partial charge in [-0.15, -0.1) is 0 Å². The third-order valence-electron chi connectivity index (χ3n) is 14.8. The second-order valence-electron chi connectivity index (χ2n) is 22.3. The fraction of sp³-hybridized carbons (Fsp3) is 0.806. The number of hydrogen-bond donors (Lipinski definition) is 7. The van der Waals surface area contributed by atoms with Crippen LogP contribution in [0, 0.1) is 23.7 Å². The highest BCUT2D eigenvalue weighted by molar-refractivity contribution is 5.85. The lowest BCUT2D eigenvalue weighted by Crippen LogP contribution is -2.32. The number of aryl methyl sites for hydroxylation is 1. The summed E-state index contributed by atoms with van der Waals surface area (Å²) in [5.74, 6) is -3.62. The highest BCUT2D eigenvalue weighted by atomic mass is 16.5. The fourth-order valence-electron chi connectivity index (χ4n) is 9.66. The molecule has 1 heterocycles. The number of aliphatic carboxylic acids is 3. The van der Waals surface area contributed by atoms with E-state index >= 15 is 0 Å². The van der Waals surface area contributed by atoms with Crippen LogP contribution in [-0.4, -0.2) is 151 Å². The third-order valence-corrected chi connectivity index (χ3v) is 14.8. The van der Waals surface area contributed by atoms with E-state index in [9.17, 15) is 48.3 Å². The first-order valence-electron chi connectivity index (χ1n) is 31.4. The van der Waals surface area contributed by atoms with Crippen LogP contribution in [0.25, 0.3) is 0 Å². The van der Waals surface area contributed by atoms with Gasteiger partial charge in [-0.2, -0.15) is 0 Å². The first-order valence-corrected chi connectivity index (χ1v) is 31.4. The molecule has 1 saturated carbocycles. The smallest absolute Gasteiger partial charge is 0.306 e. The van der Waals surface area contributed by atoms with Crippen molar-refractivity contribution in [3.8, 4) is 0 Å². The number of unbranched alkanes of at least 4 members (excludes halogenated alkanes) is 17. The number of ketones is 3. The van der Waals surface area contributed by atoms with Gasteiger partial charge in [0.15, 0.2) is 5.78 Å². The minimum Gasteiger partial charge on any atom is -0.481 e. The summed E-state index contributed by atoms with van der Waals surface area (Å²) in [5, 5.41) is 35.5. The first kappa shape index (κ1) is 75.9. The largest absolute Gasteiger partial charge is 0.481 e. The van der Waals surface area contributed by atoms with Gasteiger partial charge < -0.3 is 55.2 Å². The summed E-state index contributed by atoms with van der Waals surface area (Å²) in [4.78, 5) is 111. The van der Waals surface area contributed by atoms with Gasteiger partial charge in [-0.05, 0) is 70.1 Å². The van der Waals surface area contributed by atoms with Crippen LogP contribution in [0.5, 0.6) is 0 Å². The Bertz CT molecular complexity index is 1900. The number of carbonyl (C=O) groups excluding carboxylic acids is 6. The molecule has 478 valence electrons. The van der Waals surface area contributed by atoms with E-state index in [-0.39, 0.29) is 94.7 Å². The second-order valence-corrected chi connectivity index (χ2v) is 22.3. The molecule has 2 rings (SSSR count). The van der Waals surface area contributed by atoms with Crippen LogP contribution in [0.2, 0.25) is 0 Å². The number of ether oxygens (including phenoxy) is 4. The molecular weight excluding hydrogens is 1070 g/mol. The van der Waals surface area contributed by atoms with Gasteiger partial charge >= 0.3 is 17.9 Å². The van der Waals surface area contributed by atoms with E-state index in [1.807, 2.05) is 6.92 Å². The van der Waals surface area contributed by atoms with Crippen LogP contribution in [-0.2, 0) is 68.5 Å². The van der Waals surface area contributed by atoms with Crippen LogP contribution in [0.15, 0.2) is 12.5 Å². The number of aromatic amines is 1. The third kappa shape index (κ3) is 46.9. The molecule has 1 aliphatic rings. The van der Waals surface area contributed by atoms with Crippen molar-refractivity contribution in [2.75, 3.05) is 72.5 Å². The highest BCUT2D eigenvalue weighted by Crippen LogP contribution is 2.30. The van der Waals surface area contributed by atoms with E-state index in [2.05, 4.69) is 25.9 Å². The quantitative estimate of drug-likeness (QED) is 0.0298. The summed E-state index contributed by atoms with van der Waals surface area (Å²) in [5.41, 5.74) is 0.844. The Morgan fingerprint density at radius 1 is 0.554 bits per heavy atom. The number of nitrogens with zero attached hydrogens (tertiary/aromatic N) is 1. The number of rotatable bonds is 55. The van der Waals surface area contributed by atoms with E-state index in [0.29, 0.717) is 103 Å². The number of aromatic nitrogens is 2. The molecule has 1 aromatic rings. The van der Waals surface area contributed by atoms with E-state index in [0.717, 1.165) is 63.5 Å². The maximum absolute atomic E-state index is 12.3. The van der Waals surface area contributed by atoms with E-state index in [4.69, 9.17) is 29.2 Å². The van der Waals surface area contributed by atoms with E-state index in [1.54, 1.807) is 19.4 Å². The molecule has 3 amide bonds. The summed E-state index contributed by atoms with van der Waals surface area (Å²) < 4.78 is 21.3. The molecule has 0 saturated heterocycles. The summed E-state index contributed by atoms with van der Waals surface area (Å²) in [7, 11) is 0. The maximum atomic E-state index is 12.3. The second kappa shape index (κ2) is 52.4. The van der Waals surface area contributed by atoms with Gasteiger partial charge in [0.25, 0.3) is 0 Å². The van der Waals surface area contributed by atoms with Crippen molar-refractivity contribution in [1.82, 2.24) is 25.9 Å². The minimum absolute atomic E-state index is 0. The van der Waals surface area contributed by atoms with Crippen molar-refractivity contribution in [2.24, 2.45) is 23.7 Å². The zero-order chi connectivity index (χ0) is 61.0. The number of hydrogen-bond acceptors (Lipinski definition) is 14. The van der Waals surface area contributed by atoms with Gasteiger partial charge in [0.05, 0.1) is 57.8 Å². The van der Waals surface area contributed by atoms with Gasteiger partial charge in [-0.3, -0.25) is 43.2 Å². The molecular formula is C62H109N5O16. The zero-order valence-electron chi connectivity index (χ0n) is 50.7. The molecule has 1 aromatic heterocycles. The summed E-state index contributed by atoms with van der Waals surface area (Å²) in [6, 6.07) is 0. The molecule has 21 nitrogen and oxygen atoms in total. The Morgan fingerprint density at radius 2 is 1.06 bits per heavy atom. The van der Waals surface area contributed by atoms with Gasteiger partial charge in [-0.25, -0.2) is 4.98 Å². The highest BCUT2D eigenvalue weighted by Gasteiger charge is 2.28. The number of H-pyrrole nitrogens is 1. The van der Waals surface area contributed by atoms with Crippen LogP contribution < -0.4 is 16.0 Å². The minimum atomic E-state index is -0.969. The predicted octanol–water partition coefficient (Wildman–Crippen LogP) is 9.56. The van der Waals surface area contributed by atoms with Crippen LogP contribution in [0.1, 0.15) is 226 Å². The van der Waals surface area contributed by atoms with Crippen molar-refractivity contribution in [3.05, 3.63) is 18.2 Å². The molecule has 0 spiro atoms. The van der Waals surface area contributed by atoms with Gasteiger partial charge in [0.1, 0.15) is 24.8 Å². The summed E-state index contributed by atoms with van der Waals surface area (Å²) in [6.07, 6.45) is 31.9. The molecule has 0 aromatic carbocycles. The molecule has 1 aliphatic carbocycles. The first-order chi connectivity index (χ1) is 40.1. The van der Waals surface area contributed by atoms with Crippen molar-refractivity contribution in [1.29, 1.82) is 0 Å². The molecule has 83 heavy (non-hydrogen) atoms. The topological polar surface area (TPSA) is 316 Å². The van der Waals surface area contributed by atoms with Gasteiger partial charge in [-0.1, -0.05) is 117 Å². The molecule has 7 N–H and O–H groups in total. The van der Waals surface area contributed by atoms with Crippen LogP contribution in [0.3, 0.4) is 0 Å². The summed E-state index contributed by atoms with van der Waals surface area (Å²) in [6.45, 7) is 6.69. The number of carbonyl (C=O) groups is 9. The van der Waals surface area contributed by atoms with Crippen molar-refractivity contribution < 1.29 is 78.8 Å². The van der Waals surface area contributed by atoms with E-state index in [1.165, 1.54) is 77.0 Å². The Kier molecular flexibility index (Phi) is 47.9. The molecule has 1 unspecified atom stereocenters. The number of imidazole rings is 1. The normalized spacial score (nSPS) is 14.6. The average Bonchev–Trinajstić information content (AvgIpc) is 4.13. The van der Waals surface area contributed by atoms with Crippen molar-refractivity contribution in [2.45, 2.75) is 226 Å². The lowest BCUT2D eigenvalue weighted by atomic mass is 9.78. The molecule has 0 bridgehead atoms. The lowest BCUT2D eigenvalue weighted by molar-refractivity contribution is -0.144. The molecule has 1 fully saturated rings. The molecule has 0 radical (unpaired) electrons. The molecule has 0 aliphatic heterocycles. The van der Waals surface area contributed by atoms with Crippen molar-refractivity contribution >= 4 is 53.0 Å². The Balaban J connectivity index is 0.00000163. The zero-order valence-corrected chi connectivity index (χ0v) is 50.7. The van der Waals surface area contributed by atoms with Crippen LogP contribution in [0.4, 0.5) is 0 Å². The number of carboxylic acids is 3.